The molecule has 1 amide bonds. The summed E-state index contributed by atoms with van der Waals surface area (Å²) < 4.78 is 5.19. The molecule has 0 bridgehead atoms. The number of carbonyl (C=O) groups excluding carboxylic acids is 1. The van der Waals surface area contributed by atoms with Crippen molar-refractivity contribution in [1.29, 1.82) is 0 Å². The molecule has 26 heavy (non-hydrogen) atoms. The maximum Gasteiger partial charge on any atom is 0.326 e. The van der Waals surface area contributed by atoms with Crippen LogP contribution in [0.3, 0.4) is 0 Å². The van der Waals surface area contributed by atoms with E-state index in [9.17, 15) is 14.7 Å². The van der Waals surface area contributed by atoms with Crippen molar-refractivity contribution >= 4 is 11.9 Å². The van der Waals surface area contributed by atoms with Crippen LogP contribution in [0.5, 0.6) is 0 Å². The van der Waals surface area contributed by atoms with Gasteiger partial charge in [-0.05, 0) is 38.4 Å². The van der Waals surface area contributed by atoms with E-state index >= 15 is 0 Å². The lowest BCUT2D eigenvalue weighted by Gasteiger charge is -2.40. The molecule has 1 N–H and O–H groups in total. The van der Waals surface area contributed by atoms with Gasteiger partial charge in [-0.1, -0.05) is 30.3 Å². The van der Waals surface area contributed by atoms with E-state index < -0.39 is 12.0 Å². The van der Waals surface area contributed by atoms with Gasteiger partial charge in [0.1, 0.15) is 11.8 Å². The third kappa shape index (κ3) is 3.80. The molecule has 1 aliphatic heterocycles. The molecule has 0 radical (unpaired) electrons. The number of aliphatic carboxylic acids is 1. The highest BCUT2D eigenvalue weighted by Crippen LogP contribution is 2.25. The summed E-state index contributed by atoms with van der Waals surface area (Å²) in [5.41, 5.74) is 1.63. The Morgan fingerprint density at radius 3 is 2.62 bits per heavy atom. The SMILES string of the molecule is Cc1occc1C(=O)N1CC[C@@H](N(C)Cc2ccccc2)C[C@@H]1C(=O)O. The number of amides is 1. The van der Waals surface area contributed by atoms with Crippen LogP contribution in [0.25, 0.3) is 0 Å². The second-order valence-corrected chi connectivity index (χ2v) is 6.82. The van der Waals surface area contributed by atoms with Crippen molar-refractivity contribution < 1.29 is 19.1 Å². The third-order valence-corrected chi connectivity index (χ3v) is 5.11. The minimum absolute atomic E-state index is 0.116. The molecule has 1 aromatic heterocycles. The van der Waals surface area contributed by atoms with Gasteiger partial charge < -0.3 is 14.4 Å². The van der Waals surface area contributed by atoms with Crippen LogP contribution < -0.4 is 0 Å². The predicted molar refractivity (Wildman–Crippen MR) is 96.8 cm³/mol. The predicted octanol–water partition coefficient (Wildman–Crippen LogP) is 2.78. The van der Waals surface area contributed by atoms with E-state index in [-0.39, 0.29) is 11.9 Å². The smallest absolute Gasteiger partial charge is 0.326 e. The largest absolute Gasteiger partial charge is 0.480 e. The van der Waals surface area contributed by atoms with E-state index in [1.54, 1.807) is 13.0 Å². The van der Waals surface area contributed by atoms with Gasteiger partial charge in [0.15, 0.2) is 0 Å². The monoisotopic (exact) mass is 356 g/mol. The fourth-order valence-corrected chi connectivity index (χ4v) is 3.59. The van der Waals surface area contributed by atoms with Gasteiger partial charge in [0.05, 0.1) is 11.8 Å². The summed E-state index contributed by atoms with van der Waals surface area (Å²) in [6, 6.07) is 11.0. The molecule has 1 saturated heterocycles. The van der Waals surface area contributed by atoms with E-state index in [1.165, 1.54) is 16.7 Å². The van der Waals surface area contributed by atoms with Gasteiger partial charge >= 0.3 is 5.97 Å². The van der Waals surface area contributed by atoms with E-state index in [2.05, 4.69) is 17.0 Å². The molecule has 1 aromatic carbocycles. The van der Waals surface area contributed by atoms with E-state index in [1.807, 2.05) is 25.2 Å². The van der Waals surface area contributed by atoms with Crippen LogP contribution in [0.15, 0.2) is 47.1 Å². The molecular formula is C20H24N2O4. The topological polar surface area (TPSA) is 74.0 Å². The highest BCUT2D eigenvalue weighted by atomic mass is 16.4. The first-order chi connectivity index (χ1) is 12.5. The van der Waals surface area contributed by atoms with Crippen LogP contribution in [0, 0.1) is 6.92 Å². The van der Waals surface area contributed by atoms with Crippen molar-refractivity contribution in [2.45, 2.75) is 38.4 Å². The van der Waals surface area contributed by atoms with Gasteiger partial charge in [0, 0.05) is 19.1 Å². The summed E-state index contributed by atoms with van der Waals surface area (Å²) in [5, 5.41) is 9.68. The van der Waals surface area contributed by atoms with Crippen LogP contribution in [0.4, 0.5) is 0 Å². The molecule has 6 nitrogen and oxygen atoms in total. The average Bonchev–Trinajstić information content (AvgIpc) is 3.07. The lowest BCUT2D eigenvalue weighted by Crippen LogP contribution is -2.54. The molecule has 3 rings (SSSR count). The zero-order valence-electron chi connectivity index (χ0n) is 15.1. The number of hydrogen-bond donors (Lipinski definition) is 1. The third-order valence-electron chi connectivity index (χ3n) is 5.11. The molecule has 2 aromatic rings. The second kappa shape index (κ2) is 7.74. The molecule has 138 valence electrons. The number of carboxylic acids is 1. The number of benzene rings is 1. The number of carboxylic acid groups (broad SMARTS) is 1. The zero-order chi connectivity index (χ0) is 18.7. The quantitative estimate of drug-likeness (QED) is 0.892. The fraction of sp³-hybridized carbons (Fsp3) is 0.400. The Hall–Kier alpha value is -2.60. The van der Waals surface area contributed by atoms with Gasteiger partial charge in [-0.15, -0.1) is 0 Å². The Morgan fingerprint density at radius 2 is 2.00 bits per heavy atom. The average molecular weight is 356 g/mol. The molecule has 2 atom stereocenters. The first-order valence-corrected chi connectivity index (χ1v) is 8.79. The number of furan rings is 1. The van der Waals surface area contributed by atoms with Crippen LogP contribution >= 0.6 is 0 Å². The van der Waals surface area contributed by atoms with Crippen molar-refractivity contribution in [1.82, 2.24) is 9.80 Å². The normalized spacial score (nSPS) is 20.3. The van der Waals surface area contributed by atoms with Crippen molar-refractivity contribution in [2.24, 2.45) is 0 Å². The zero-order valence-corrected chi connectivity index (χ0v) is 15.1. The van der Waals surface area contributed by atoms with E-state index in [4.69, 9.17) is 4.42 Å². The molecular weight excluding hydrogens is 332 g/mol. The molecule has 0 aliphatic carbocycles. The van der Waals surface area contributed by atoms with Gasteiger partial charge in [0.2, 0.25) is 0 Å². The number of hydrogen-bond acceptors (Lipinski definition) is 4. The molecule has 2 heterocycles. The minimum atomic E-state index is -0.961. The summed E-state index contributed by atoms with van der Waals surface area (Å²) in [6.45, 7) is 2.89. The standard InChI is InChI=1S/C20H24N2O4/c1-14-17(9-11-26-14)19(23)22-10-8-16(12-18(22)20(24)25)21(2)13-15-6-4-3-5-7-15/h3-7,9,11,16,18H,8,10,12-13H2,1-2H3,(H,24,25)/t16-,18-/m1/s1. The summed E-state index contributed by atoms with van der Waals surface area (Å²) in [5.74, 6) is -0.715. The first kappa shape index (κ1) is 18.2. The number of aryl methyl sites for hydroxylation is 1. The maximum atomic E-state index is 12.8. The molecule has 0 unspecified atom stereocenters. The lowest BCUT2D eigenvalue weighted by molar-refractivity contribution is -0.144. The van der Waals surface area contributed by atoms with Gasteiger partial charge in [-0.25, -0.2) is 4.79 Å². The summed E-state index contributed by atoms with van der Waals surface area (Å²) in [4.78, 5) is 28.2. The van der Waals surface area contributed by atoms with Crippen molar-refractivity contribution in [2.75, 3.05) is 13.6 Å². The van der Waals surface area contributed by atoms with E-state index in [0.717, 1.165) is 13.0 Å². The molecule has 0 spiro atoms. The van der Waals surface area contributed by atoms with Crippen LogP contribution in [-0.4, -0.2) is 52.5 Å². The molecule has 6 heteroatoms. The molecule has 1 aliphatic rings. The number of carbonyl (C=O) groups is 2. The van der Waals surface area contributed by atoms with Crippen LogP contribution in [0.2, 0.25) is 0 Å². The Labute approximate surface area is 153 Å². The summed E-state index contributed by atoms with van der Waals surface area (Å²) >= 11 is 0. The van der Waals surface area contributed by atoms with Crippen LogP contribution in [-0.2, 0) is 11.3 Å². The summed E-state index contributed by atoms with van der Waals surface area (Å²) in [6.07, 6.45) is 2.62. The highest BCUT2D eigenvalue weighted by molar-refractivity contribution is 5.97. The van der Waals surface area contributed by atoms with Gasteiger partial charge in [-0.3, -0.25) is 9.69 Å². The lowest BCUT2D eigenvalue weighted by atomic mass is 9.94. The van der Waals surface area contributed by atoms with Gasteiger partial charge in [-0.2, -0.15) is 0 Å². The van der Waals surface area contributed by atoms with E-state index in [0.29, 0.717) is 24.3 Å². The maximum absolute atomic E-state index is 12.8. The number of rotatable bonds is 5. The second-order valence-electron chi connectivity index (χ2n) is 6.82. The number of likely N-dealkylation sites (tertiary alicyclic amines) is 1. The Morgan fingerprint density at radius 1 is 1.27 bits per heavy atom. The van der Waals surface area contributed by atoms with Crippen molar-refractivity contribution in [3.63, 3.8) is 0 Å². The Balaban J connectivity index is 1.71. The molecule has 0 saturated carbocycles. The van der Waals surface area contributed by atoms with Crippen molar-refractivity contribution in [3.05, 3.63) is 59.5 Å². The Bertz CT molecular complexity index is 771. The van der Waals surface area contributed by atoms with Gasteiger partial charge in [0.25, 0.3) is 5.91 Å². The Kier molecular flexibility index (Phi) is 5.42. The van der Waals surface area contributed by atoms with Crippen LogP contribution in [0.1, 0.15) is 34.5 Å². The fourth-order valence-electron chi connectivity index (χ4n) is 3.59. The number of piperidine rings is 1. The summed E-state index contributed by atoms with van der Waals surface area (Å²) in [7, 11) is 2.01. The minimum Gasteiger partial charge on any atom is -0.480 e. The first-order valence-electron chi connectivity index (χ1n) is 8.79. The molecule has 1 fully saturated rings. The number of nitrogens with zero attached hydrogens (tertiary/aromatic N) is 2. The van der Waals surface area contributed by atoms with Crippen molar-refractivity contribution in [3.8, 4) is 0 Å². The highest BCUT2D eigenvalue weighted by Gasteiger charge is 2.38.